The van der Waals surface area contributed by atoms with Crippen LogP contribution in [0.1, 0.15) is 22.3 Å². The zero-order valence-electron chi connectivity index (χ0n) is 13.7. The summed E-state index contributed by atoms with van der Waals surface area (Å²) in [6.07, 6.45) is 8.72. The van der Waals surface area contributed by atoms with Crippen molar-refractivity contribution >= 4 is 5.91 Å². The molecule has 3 aromatic rings. The van der Waals surface area contributed by atoms with Crippen molar-refractivity contribution in [3.8, 4) is 5.82 Å². The van der Waals surface area contributed by atoms with Crippen LogP contribution in [0.3, 0.4) is 0 Å². The highest BCUT2D eigenvalue weighted by Gasteiger charge is 2.12. The summed E-state index contributed by atoms with van der Waals surface area (Å²) in [5, 5.41) is 0. The van der Waals surface area contributed by atoms with Gasteiger partial charge in [-0.05, 0) is 30.5 Å². The van der Waals surface area contributed by atoms with Crippen LogP contribution in [-0.2, 0) is 6.42 Å². The van der Waals surface area contributed by atoms with Crippen LogP contribution in [-0.4, -0.2) is 38.9 Å². The standard InChI is InChI=1S/C19H20N4O/c1-22(12-5-8-16-6-3-2-4-7-16)19(24)17-9-10-21-18(14-17)23-13-11-20-15-23/h2-4,6-7,9-11,13-15H,5,8,12H2,1H3. The Morgan fingerprint density at radius 2 is 2.00 bits per heavy atom. The normalized spacial score (nSPS) is 10.5. The number of carbonyl (C=O) groups excluding carboxylic acids is 1. The third-order valence-corrected chi connectivity index (χ3v) is 3.91. The average Bonchev–Trinajstić information content (AvgIpc) is 3.17. The summed E-state index contributed by atoms with van der Waals surface area (Å²) < 4.78 is 1.78. The highest BCUT2D eigenvalue weighted by molar-refractivity contribution is 5.94. The van der Waals surface area contributed by atoms with Gasteiger partial charge < -0.3 is 4.90 Å². The zero-order valence-corrected chi connectivity index (χ0v) is 13.7. The summed E-state index contributed by atoms with van der Waals surface area (Å²) in [5.41, 5.74) is 1.93. The highest BCUT2D eigenvalue weighted by atomic mass is 16.2. The predicted octanol–water partition coefficient (Wildman–Crippen LogP) is 2.97. The molecule has 0 saturated heterocycles. The average molecular weight is 320 g/mol. The van der Waals surface area contributed by atoms with Crippen molar-refractivity contribution in [2.75, 3.05) is 13.6 Å². The number of pyridine rings is 1. The van der Waals surface area contributed by atoms with Gasteiger partial charge in [-0.15, -0.1) is 0 Å². The second-order valence-corrected chi connectivity index (χ2v) is 5.69. The molecule has 0 fully saturated rings. The number of amides is 1. The van der Waals surface area contributed by atoms with Gasteiger partial charge in [-0.1, -0.05) is 30.3 Å². The van der Waals surface area contributed by atoms with E-state index in [1.807, 2.05) is 25.2 Å². The molecular formula is C19H20N4O. The third kappa shape index (κ3) is 3.87. The lowest BCUT2D eigenvalue weighted by atomic mass is 10.1. The number of hydrogen-bond acceptors (Lipinski definition) is 3. The van der Waals surface area contributed by atoms with Crippen LogP contribution in [0.2, 0.25) is 0 Å². The van der Waals surface area contributed by atoms with Gasteiger partial charge in [0.05, 0.1) is 0 Å². The van der Waals surface area contributed by atoms with Gasteiger partial charge in [-0.25, -0.2) is 9.97 Å². The molecule has 0 aliphatic carbocycles. The Balaban J connectivity index is 1.60. The van der Waals surface area contributed by atoms with Gasteiger partial charge in [0.15, 0.2) is 0 Å². The summed E-state index contributed by atoms with van der Waals surface area (Å²) >= 11 is 0. The molecule has 0 aliphatic heterocycles. The van der Waals surface area contributed by atoms with E-state index in [1.54, 1.807) is 46.5 Å². The molecule has 1 amide bonds. The van der Waals surface area contributed by atoms with E-state index < -0.39 is 0 Å². The molecule has 2 aromatic heterocycles. The fourth-order valence-corrected chi connectivity index (χ4v) is 2.57. The van der Waals surface area contributed by atoms with Crippen molar-refractivity contribution in [1.82, 2.24) is 19.4 Å². The maximum absolute atomic E-state index is 12.6. The fraction of sp³-hybridized carbons (Fsp3) is 0.211. The maximum Gasteiger partial charge on any atom is 0.253 e. The van der Waals surface area contributed by atoms with Gasteiger partial charge in [-0.3, -0.25) is 9.36 Å². The van der Waals surface area contributed by atoms with Crippen LogP contribution in [0.5, 0.6) is 0 Å². The molecule has 5 heteroatoms. The minimum absolute atomic E-state index is 0.00632. The Hall–Kier alpha value is -2.95. The molecule has 2 heterocycles. The van der Waals surface area contributed by atoms with Gasteiger partial charge >= 0.3 is 0 Å². The third-order valence-electron chi connectivity index (χ3n) is 3.91. The van der Waals surface area contributed by atoms with Crippen LogP contribution in [0.25, 0.3) is 5.82 Å². The minimum Gasteiger partial charge on any atom is -0.342 e. The van der Waals surface area contributed by atoms with Crippen molar-refractivity contribution in [3.05, 3.63) is 78.5 Å². The number of imidazole rings is 1. The molecule has 0 atom stereocenters. The molecule has 5 nitrogen and oxygen atoms in total. The van der Waals surface area contributed by atoms with Gasteiger partial charge in [0.2, 0.25) is 0 Å². The van der Waals surface area contributed by atoms with Crippen molar-refractivity contribution in [1.29, 1.82) is 0 Å². The van der Waals surface area contributed by atoms with Crippen molar-refractivity contribution in [2.45, 2.75) is 12.8 Å². The number of rotatable bonds is 6. The van der Waals surface area contributed by atoms with Crippen LogP contribution in [0.4, 0.5) is 0 Å². The molecule has 1 aromatic carbocycles. The molecule has 122 valence electrons. The SMILES string of the molecule is CN(CCCc1ccccc1)C(=O)c1ccnc(-n2ccnc2)c1. The second kappa shape index (κ2) is 7.55. The first kappa shape index (κ1) is 15.9. The fourth-order valence-electron chi connectivity index (χ4n) is 2.57. The Labute approximate surface area is 141 Å². The largest absolute Gasteiger partial charge is 0.342 e. The summed E-state index contributed by atoms with van der Waals surface area (Å²) in [7, 11) is 1.84. The Kier molecular flexibility index (Phi) is 5.01. The van der Waals surface area contributed by atoms with E-state index in [2.05, 4.69) is 22.1 Å². The highest BCUT2D eigenvalue weighted by Crippen LogP contribution is 2.10. The summed E-state index contributed by atoms with van der Waals surface area (Å²) in [4.78, 5) is 22.6. The van der Waals surface area contributed by atoms with Crippen LogP contribution in [0, 0.1) is 0 Å². The van der Waals surface area contributed by atoms with E-state index in [4.69, 9.17) is 0 Å². The molecule has 24 heavy (non-hydrogen) atoms. The van der Waals surface area contributed by atoms with E-state index in [1.165, 1.54) is 5.56 Å². The zero-order chi connectivity index (χ0) is 16.8. The first-order valence-electron chi connectivity index (χ1n) is 7.98. The molecule has 0 N–H and O–H groups in total. The Morgan fingerprint density at radius 3 is 2.75 bits per heavy atom. The first-order valence-corrected chi connectivity index (χ1v) is 7.98. The molecule has 0 aliphatic rings. The van der Waals surface area contributed by atoms with Crippen molar-refractivity contribution < 1.29 is 4.79 Å². The number of carbonyl (C=O) groups is 1. The monoisotopic (exact) mass is 320 g/mol. The molecule has 0 spiro atoms. The van der Waals surface area contributed by atoms with Crippen molar-refractivity contribution in [2.24, 2.45) is 0 Å². The molecule has 0 unspecified atom stereocenters. The number of aryl methyl sites for hydroxylation is 1. The Morgan fingerprint density at radius 1 is 1.17 bits per heavy atom. The molecule has 3 rings (SSSR count). The summed E-state index contributed by atoms with van der Waals surface area (Å²) in [6, 6.07) is 13.9. The van der Waals surface area contributed by atoms with Gasteiger partial charge in [0.25, 0.3) is 5.91 Å². The van der Waals surface area contributed by atoms with Gasteiger partial charge in [0, 0.05) is 37.7 Å². The summed E-state index contributed by atoms with van der Waals surface area (Å²) in [6.45, 7) is 0.719. The smallest absolute Gasteiger partial charge is 0.253 e. The lowest BCUT2D eigenvalue weighted by Crippen LogP contribution is -2.28. The van der Waals surface area contributed by atoms with Crippen LogP contribution in [0.15, 0.2) is 67.4 Å². The van der Waals surface area contributed by atoms with Crippen LogP contribution < -0.4 is 0 Å². The molecule has 0 radical (unpaired) electrons. The summed E-state index contributed by atoms with van der Waals surface area (Å²) in [5.74, 6) is 0.697. The number of nitrogens with zero attached hydrogens (tertiary/aromatic N) is 4. The first-order chi connectivity index (χ1) is 11.7. The number of benzene rings is 1. The Bertz CT molecular complexity index is 784. The van der Waals surface area contributed by atoms with Crippen molar-refractivity contribution in [3.63, 3.8) is 0 Å². The van der Waals surface area contributed by atoms with E-state index in [9.17, 15) is 4.79 Å². The molecule has 0 bridgehead atoms. The topological polar surface area (TPSA) is 51.0 Å². The lowest BCUT2D eigenvalue weighted by Gasteiger charge is -2.17. The number of hydrogen-bond donors (Lipinski definition) is 0. The van der Waals surface area contributed by atoms with E-state index in [0.29, 0.717) is 11.4 Å². The lowest BCUT2D eigenvalue weighted by molar-refractivity contribution is 0.0793. The maximum atomic E-state index is 12.6. The molecule has 0 saturated carbocycles. The van der Waals surface area contributed by atoms with Gasteiger partial charge in [-0.2, -0.15) is 0 Å². The number of aromatic nitrogens is 3. The minimum atomic E-state index is 0.00632. The van der Waals surface area contributed by atoms with E-state index in [0.717, 1.165) is 19.4 Å². The van der Waals surface area contributed by atoms with Crippen LogP contribution >= 0.6 is 0 Å². The van der Waals surface area contributed by atoms with Gasteiger partial charge in [0.1, 0.15) is 12.1 Å². The quantitative estimate of drug-likeness (QED) is 0.701. The van der Waals surface area contributed by atoms with E-state index >= 15 is 0 Å². The second-order valence-electron chi connectivity index (χ2n) is 5.69. The van der Waals surface area contributed by atoms with E-state index in [-0.39, 0.29) is 5.91 Å². The predicted molar refractivity (Wildman–Crippen MR) is 93.1 cm³/mol. The molecular weight excluding hydrogens is 300 g/mol.